The molecule has 2 aromatic heterocycles. The van der Waals surface area contributed by atoms with Crippen LogP contribution in [0.25, 0.3) is 66.1 Å². The Labute approximate surface area is 368 Å². The Kier molecular flexibility index (Phi) is 10.1. The van der Waals surface area contributed by atoms with Gasteiger partial charge >= 0.3 is 0 Å². The maximum Gasteiger partial charge on any atom is 0.147 e. The summed E-state index contributed by atoms with van der Waals surface area (Å²) in [7, 11) is 0. The van der Waals surface area contributed by atoms with Crippen molar-refractivity contribution in [3.8, 4) is 34.1 Å². The molecule has 7 aromatic carbocycles. The van der Waals surface area contributed by atoms with Crippen molar-refractivity contribution in [1.29, 1.82) is 0 Å². The molecule has 6 nitrogen and oxygen atoms in total. The Morgan fingerprint density at radius 1 is 0.540 bits per heavy atom. The normalized spacial score (nSPS) is 15.3. The van der Waals surface area contributed by atoms with Crippen LogP contribution in [0, 0.1) is 20.8 Å². The monoisotopic (exact) mass is 828 g/mol. The molecule has 0 radical (unpaired) electrons. The number of hydrogen-bond acceptors (Lipinski definition) is 4. The maximum atomic E-state index is 12.3. The Morgan fingerprint density at radius 2 is 1.02 bits per heavy atom. The largest absolute Gasteiger partial charge is 0.509 e. The van der Waals surface area contributed by atoms with Gasteiger partial charge in [-0.2, -0.15) is 0 Å². The number of para-hydroxylation sites is 4. The number of rotatable bonds is 10. The summed E-state index contributed by atoms with van der Waals surface area (Å²) >= 11 is 0. The van der Waals surface area contributed by atoms with Crippen molar-refractivity contribution in [2.45, 2.75) is 72.5 Å². The predicted octanol–water partition coefficient (Wildman–Crippen LogP) is 14.7. The van der Waals surface area contributed by atoms with Gasteiger partial charge in [-0.3, -0.25) is 0 Å². The zero-order chi connectivity index (χ0) is 43.5. The summed E-state index contributed by atoms with van der Waals surface area (Å²) < 4.78 is 18.0. The van der Waals surface area contributed by atoms with Crippen molar-refractivity contribution in [1.82, 2.24) is 9.13 Å². The average molecular weight is 829 g/mol. The summed E-state index contributed by atoms with van der Waals surface area (Å²) in [6, 6.07) is 50.0. The highest BCUT2D eigenvalue weighted by molar-refractivity contribution is 6.11. The molecule has 9 aromatic rings. The van der Waals surface area contributed by atoms with Crippen LogP contribution < -0.4 is 9.47 Å². The number of phenolic OH excluding ortho intramolecular Hbond substituents is 1. The third-order valence-electron chi connectivity index (χ3n) is 12.7. The fourth-order valence-electron chi connectivity index (χ4n) is 9.90. The van der Waals surface area contributed by atoms with E-state index in [1.54, 1.807) is 0 Å². The molecule has 0 aliphatic heterocycles. The summed E-state index contributed by atoms with van der Waals surface area (Å²) in [6.45, 7) is 12.5. The zero-order valence-electron chi connectivity index (χ0n) is 36.7. The number of fused-ring (bicyclic) bond motifs is 6. The molecule has 2 heterocycles. The molecule has 0 saturated carbocycles. The third-order valence-corrected chi connectivity index (χ3v) is 12.7. The first-order valence-electron chi connectivity index (χ1n) is 22.0. The number of aryl methyl sites for hydroxylation is 3. The maximum absolute atomic E-state index is 12.3. The highest BCUT2D eigenvalue weighted by atomic mass is 16.5. The second-order valence-electron chi connectivity index (χ2n) is 17.6. The van der Waals surface area contributed by atoms with E-state index < -0.39 is 0 Å². The van der Waals surface area contributed by atoms with Gasteiger partial charge in [-0.25, -0.2) is 0 Å². The molecule has 1 aliphatic carbocycles. The lowest BCUT2D eigenvalue weighted by Gasteiger charge is -2.28. The van der Waals surface area contributed by atoms with Crippen molar-refractivity contribution in [2.24, 2.45) is 0 Å². The lowest BCUT2D eigenvalue weighted by atomic mass is 9.84. The standard InChI is InChI=1S/C57H52N2O4/c1-34-23-25-54(44(27-34)46-29-36(3)31-52(56(46)60)58-48-19-11-7-15-40(48)41-16-8-12-20-49(41)58)62-38(5)33-39(6)63-55-26-24-35(2)28-45(55)47-30-37(4)32-53(57(47)61)59-50-21-13-9-17-42(50)43-18-10-14-22-51(43)59/h7-29,31-32,38-39,47,60-61H,30,33H2,1-6H3. The van der Waals surface area contributed by atoms with E-state index in [-0.39, 0.29) is 23.9 Å². The second-order valence-corrected chi connectivity index (χ2v) is 17.6. The number of allylic oxidation sites excluding steroid dienone is 4. The fraction of sp³-hybridized carbons (Fsp3) is 0.193. The minimum atomic E-state index is -0.287. The summed E-state index contributed by atoms with van der Waals surface area (Å²) in [5.41, 5.74) is 12.6. The molecule has 1 aliphatic rings. The first-order chi connectivity index (χ1) is 30.5. The van der Waals surface area contributed by atoms with E-state index in [9.17, 15) is 10.2 Å². The van der Waals surface area contributed by atoms with Gasteiger partial charge < -0.3 is 28.8 Å². The molecule has 63 heavy (non-hydrogen) atoms. The predicted molar refractivity (Wildman–Crippen MR) is 260 cm³/mol. The Hall–Kier alpha value is -7.18. The molecule has 314 valence electrons. The molecular weight excluding hydrogens is 777 g/mol. The van der Waals surface area contributed by atoms with Crippen LogP contribution in [0.1, 0.15) is 61.8 Å². The van der Waals surface area contributed by atoms with E-state index in [1.165, 1.54) is 5.57 Å². The fourth-order valence-corrected chi connectivity index (χ4v) is 9.90. The lowest BCUT2D eigenvalue weighted by molar-refractivity contribution is 0.130. The topological polar surface area (TPSA) is 68.8 Å². The Bertz CT molecular complexity index is 3200. The number of phenols is 1. The van der Waals surface area contributed by atoms with Gasteiger partial charge in [0.05, 0.1) is 51.6 Å². The molecule has 3 unspecified atom stereocenters. The van der Waals surface area contributed by atoms with Crippen molar-refractivity contribution >= 4 is 49.3 Å². The average Bonchev–Trinajstić information content (AvgIpc) is 3.79. The van der Waals surface area contributed by atoms with Gasteiger partial charge in [-0.1, -0.05) is 108 Å². The van der Waals surface area contributed by atoms with E-state index >= 15 is 0 Å². The van der Waals surface area contributed by atoms with Gasteiger partial charge in [-0.05, 0) is 114 Å². The van der Waals surface area contributed by atoms with E-state index in [4.69, 9.17) is 9.47 Å². The van der Waals surface area contributed by atoms with Crippen molar-refractivity contribution < 1.29 is 19.7 Å². The van der Waals surface area contributed by atoms with Crippen LogP contribution in [-0.2, 0) is 0 Å². The number of hydrogen-bond donors (Lipinski definition) is 2. The van der Waals surface area contributed by atoms with Gasteiger partial charge in [0.1, 0.15) is 23.0 Å². The molecule has 0 amide bonds. The van der Waals surface area contributed by atoms with Gasteiger partial charge in [0.25, 0.3) is 0 Å². The number of ether oxygens (including phenoxy) is 2. The van der Waals surface area contributed by atoms with Gasteiger partial charge in [0.2, 0.25) is 0 Å². The molecule has 0 spiro atoms. The quantitative estimate of drug-likeness (QED) is 0.144. The molecule has 0 fully saturated rings. The van der Waals surface area contributed by atoms with E-state index in [0.717, 1.165) is 94.1 Å². The highest BCUT2D eigenvalue weighted by Gasteiger charge is 2.30. The number of aliphatic hydroxyl groups excluding tert-OH is 1. The summed E-state index contributed by atoms with van der Waals surface area (Å²) in [5, 5.41) is 29.1. The van der Waals surface area contributed by atoms with Crippen LogP contribution >= 0.6 is 0 Å². The molecular formula is C57H52N2O4. The van der Waals surface area contributed by atoms with Crippen LogP contribution in [0.4, 0.5) is 0 Å². The number of aromatic hydroxyl groups is 1. The van der Waals surface area contributed by atoms with Gasteiger partial charge in [0.15, 0.2) is 0 Å². The summed E-state index contributed by atoms with van der Waals surface area (Å²) in [5.74, 6) is 1.70. The van der Waals surface area contributed by atoms with Crippen molar-refractivity contribution in [3.63, 3.8) is 0 Å². The number of nitrogens with zero attached hydrogens (tertiary/aromatic N) is 2. The lowest BCUT2D eigenvalue weighted by Crippen LogP contribution is -2.24. The SMILES string of the molecule is CC1=CC(n2c3ccccc3c3ccccc32)=C(O)C(c2cc(C)ccc2OC(C)CC(C)Oc2ccc(C)cc2-c2cc(C)cc(-n3c4ccccc4c4ccccc43)c2O)C1. The molecule has 10 rings (SSSR count). The smallest absolute Gasteiger partial charge is 0.147 e. The highest BCUT2D eigenvalue weighted by Crippen LogP contribution is 2.46. The molecule has 2 N–H and O–H groups in total. The van der Waals surface area contributed by atoms with Crippen LogP contribution in [0.5, 0.6) is 17.2 Å². The summed E-state index contributed by atoms with van der Waals surface area (Å²) in [4.78, 5) is 0. The Balaban J connectivity index is 0.942. The molecule has 0 saturated heterocycles. The van der Waals surface area contributed by atoms with Crippen LogP contribution in [0.3, 0.4) is 0 Å². The molecule has 3 atom stereocenters. The minimum absolute atomic E-state index is 0.199. The molecule has 6 heteroatoms. The van der Waals surface area contributed by atoms with Crippen LogP contribution in [0.2, 0.25) is 0 Å². The minimum Gasteiger partial charge on any atom is -0.509 e. The molecule has 0 bridgehead atoms. The van der Waals surface area contributed by atoms with Crippen molar-refractivity contribution in [3.05, 3.63) is 185 Å². The van der Waals surface area contributed by atoms with E-state index in [1.807, 2.05) is 30.3 Å². The van der Waals surface area contributed by atoms with E-state index in [2.05, 4.69) is 172 Å². The van der Waals surface area contributed by atoms with Gasteiger partial charge in [-0.15, -0.1) is 0 Å². The first kappa shape index (κ1) is 39.9. The van der Waals surface area contributed by atoms with Crippen LogP contribution in [-0.4, -0.2) is 31.6 Å². The first-order valence-corrected chi connectivity index (χ1v) is 22.0. The zero-order valence-corrected chi connectivity index (χ0v) is 36.7. The van der Waals surface area contributed by atoms with Crippen LogP contribution in [0.15, 0.2) is 163 Å². The summed E-state index contributed by atoms with van der Waals surface area (Å²) in [6.07, 6.45) is 2.97. The number of aliphatic hydroxyl groups is 1. The van der Waals surface area contributed by atoms with Crippen molar-refractivity contribution in [2.75, 3.05) is 0 Å². The number of benzene rings is 7. The Morgan fingerprint density at radius 3 is 1.59 bits per heavy atom. The van der Waals surface area contributed by atoms with Gasteiger partial charge in [0, 0.05) is 44.7 Å². The second kappa shape index (κ2) is 15.9. The third kappa shape index (κ3) is 7.10. The number of aromatic nitrogens is 2. The van der Waals surface area contributed by atoms with E-state index in [0.29, 0.717) is 24.4 Å².